The monoisotopic (exact) mass is 366 g/mol. The van der Waals surface area contributed by atoms with Crippen molar-refractivity contribution >= 4 is 18.3 Å². The van der Waals surface area contributed by atoms with Crippen LogP contribution in [0, 0.1) is 18.6 Å². The molecule has 0 radical (unpaired) electrons. The molecule has 1 unspecified atom stereocenters. The third-order valence-corrected chi connectivity index (χ3v) is 4.38. The van der Waals surface area contributed by atoms with E-state index in [0.717, 1.165) is 19.4 Å². The minimum Gasteiger partial charge on any atom is -0.350 e. The minimum atomic E-state index is -0.489. The van der Waals surface area contributed by atoms with Gasteiger partial charge in [0.25, 0.3) is 5.91 Å². The van der Waals surface area contributed by atoms with Gasteiger partial charge in [-0.2, -0.15) is 0 Å². The van der Waals surface area contributed by atoms with Crippen LogP contribution in [0.25, 0.3) is 11.1 Å². The SMILES string of the molecule is Cc1cc(F)ccc1-c1ccc(C(=O)NCC2CCCN2)cc1F.Cl. The highest BCUT2D eigenvalue weighted by molar-refractivity contribution is 5.94. The van der Waals surface area contributed by atoms with Gasteiger partial charge in [0.15, 0.2) is 0 Å². The molecule has 1 aliphatic rings. The van der Waals surface area contributed by atoms with Gasteiger partial charge in [0.2, 0.25) is 0 Å². The van der Waals surface area contributed by atoms with Gasteiger partial charge in [-0.05, 0) is 61.7 Å². The van der Waals surface area contributed by atoms with Gasteiger partial charge < -0.3 is 10.6 Å². The Balaban J connectivity index is 0.00000225. The predicted molar refractivity (Wildman–Crippen MR) is 97.1 cm³/mol. The Morgan fingerprint density at radius 3 is 2.60 bits per heavy atom. The highest BCUT2D eigenvalue weighted by Crippen LogP contribution is 2.27. The van der Waals surface area contributed by atoms with Crippen LogP contribution in [0.5, 0.6) is 0 Å². The van der Waals surface area contributed by atoms with Crippen molar-refractivity contribution in [2.75, 3.05) is 13.1 Å². The summed E-state index contributed by atoms with van der Waals surface area (Å²) in [6, 6.07) is 8.90. The Labute approximate surface area is 152 Å². The molecule has 134 valence electrons. The van der Waals surface area contributed by atoms with E-state index in [1.165, 1.54) is 18.2 Å². The second-order valence-electron chi connectivity index (χ2n) is 6.16. The molecule has 1 aliphatic heterocycles. The molecule has 2 N–H and O–H groups in total. The molecule has 3 nitrogen and oxygen atoms in total. The van der Waals surface area contributed by atoms with Crippen LogP contribution in [0.3, 0.4) is 0 Å². The molecular formula is C19H21ClF2N2O. The second-order valence-corrected chi connectivity index (χ2v) is 6.16. The number of aryl methyl sites for hydroxylation is 1. The maximum Gasteiger partial charge on any atom is 0.251 e. The molecule has 2 aromatic carbocycles. The molecule has 1 heterocycles. The molecule has 25 heavy (non-hydrogen) atoms. The van der Waals surface area contributed by atoms with Gasteiger partial charge in [-0.15, -0.1) is 12.4 Å². The first kappa shape index (κ1) is 19.3. The molecule has 0 spiro atoms. The molecule has 1 saturated heterocycles. The highest BCUT2D eigenvalue weighted by atomic mass is 35.5. The lowest BCUT2D eigenvalue weighted by molar-refractivity contribution is 0.0950. The molecule has 1 fully saturated rings. The summed E-state index contributed by atoms with van der Waals surface area (Å²) in [6.07, 6.45) is 2.15. The van der Waals surface area contributed by atoms with E-state index in [2.05, 4.69) is 10.6 Å². The lowest BCUT2D eigenvalue weighted by Gasteiger charge is -2.12. The number of halogens is 3. The van der Waals surface area contributed by atoms with Crippen LogP contribution in [0.15, 0.2) is 36.4 Å². The zero-order chi connectivity index (χ0) is 17.1. The third kappa shape index (κ3) is 4.55. The van der Waals surface area contributed by atoms with Gasteiger partial charge in [-0.25, -0.2) is 8.78 Å². The van der Waals surface area contributed by atoms with Gasteiger partial charge in [-0.1, -0.05) is 12.1 Å². The van der Waals surface area contributed by atoms with Crippen molar-refractivity contribution in [3.63, 3.8) is 0 Å². The Morgan fingerprint density at radius 2 is 1.96 bits per heavy atom. The van der Waals surface area contributed by atoms with Gasteiger partial charge in [0, 0.05) is 23.7 Å². The van der Waals surface area contributed by atoms with Crippen LogP contribution in [0.4, 0.5) is 8.78 Å². The Hall–Kier alpha value is -1.98. The molecule has 3 rings (SSSR count). The fraction of sp³-hybridized carbons (Fsp3) is 0.316. The second kappa shape index (κ2) is 8.41. The van der Waals surface area contributed by atoms with Crippen LogP contribution < -0.4 is 10.6 Å². The van der Waals surface area contributed by atoms with Crippen molar-refractivity contribution in [1.29, 1.82) is 0 Å². The minimum absolute atomic E-state index is 0. The number of carbonyl (C=O) groups excluding carboxylic acids is 1. The average molecular weight is 367 g/mol. The number of amides is 1. The molecule has 1 amide bonds. The molecule has 0 aliphatic carbocycles. The summed E-state index contributed by atoms with van der Waals surface area (Å²) in [5, 5.41) is 6.13. The van der Waals surface area contributed by atoms with E-state index in [9.17, 15) is 13.6 Å². The first-order valence-electron chi connectivity index (χ1n) is 8.12. The molecule has 0 bridgehead atoms. The Morgan fingerprint density at radius 1 is 1.20 bits per heavy atom. The maximum absolute atomic E-state index is 14.4. The smallest absolute Gasteiger partial charge is 0.251 e. The first-order chi connectivity index (χ1) is 11.5. The molecular weight excluding hydrogens is 346 g/mol. The quantitative estimate of drug-likeness (QED) is 0.863. The van der Waals surface area contributed by atoms with E-state index in [1.807, 2.05) is 0 Å². The molecule has 2 aromatic rings. The van der Waals surface area contributed by atoms with Crippen LogP contribution in [-0.4, -0.2) is 25.0 Å². The number of benzene rings is 2. The van der Waals surface area contributed by atoms with Crippen molar-refractivity contribution in [2.45, 2.75) is 25.8 Å². The van der Waals surface area contributed by atoms with E-state index in [4.69, 9.17) is 0 Å². The van der Waals surface area contributed by atoms with Gasteiger partial charge in [0.1, 0.15) is 11.6 Å². The summed E-state index contributed by atoms with van der Waals surface area (Å²) in [7, 11) is 0. The van der Waals surface area contributed by atoms with E-state index >= 15 is 0 Å². The van der Waals surface area contributed by atoms with Gasteiger partial charge in [0.05, 0.1) is 0 Å². The summed E-state index contributed by atoms with van der Waals surface area (Å²) in [5.74, 6) is -1.13. The van der Waals surface area contributed by atoms with Gasteiger partial charge >= 0.3 is 0 Å². The zero-order valence-electron chi connectivity index (χ0n) is 13.9. The molecule has 0 aromatic heterocycles. The standard InChI is InChI=1S/C19H20F2N2O.ClH/c1-12-9-14(20)5-7-16(12)17-6-4-13(10-18(17)21)19(24)23-11-15-3-2-8-22-15;/h4-7,9-10,15,22H,2-3,8,11H2,1H3,(H,23,24);1H. The summed E-state index contributed by atoms with van der Waals surface area (Å²) in [6.45, 7) is 3.24. The van der Waals surface area contributed by atoms with Crippen molar-refractivity contribution in [2.24, 2.45) is 0 Å². The van der Waals surface area contributed by atoms with Crippen LogP contribution >= 0.6 is 12.4 Å². The first-order valence-corrected chi connectivity index (χ1v) is 8.12. The highest BCUT2D eigenvalue weighted by Gasteiger charge is 2.16. The number of rotatable bonds is 4. The van der Waals surface area contributed by atoms with Crippen molar-refractivity contribution in [3.05, 3.63) is 59.2 Å². The number of nitrogens with one attached hydrogen (secondary N) is 2. The van der Waals surface area contributed by atoms with E-state index in [1.54, 1.807) is 25.1 Å². The fourth-order valence-electron chi connectivity index (χ4n) is 3.05. The molecule has 1 atom stereocenters. The maximum atomic E-state index is 14.4. The topological polar surface area (TPSA) is 41.1 Å². The van der Waals surface area contributed by atoms with E-state index in [0.29, 0.717) is 29.3 Å². The van der Waals surface area contributed by atoms with Gasteiger partial charge in [-0.3, -0.25) is 4.79 Å². The molecule has 0 saturated carbocycles. The lowest BCUT2D eigenvalue weighted by atomic mass is 9.98. The fourth-order valence-corrected chi connectivity index (χ4v) is 3.05. The Kier molecular flexibility index (Phi) is 6.51. The number of carbonyl (C=O) groups is 1. The average Bonchev–Trinajstić information content (AvgIpc) is 3.07. The lowest BCUT2D eigenvalue weighted by Crippen LogP contribution is -2.37. The van der Waals surface area contributed by atoms with Crippen LogP contribution in [-0.2, 0) is 0 Å². The number of hydrogen-bond donors (Lipinski definition) is 2. The van der Waals surface area contributed by atoms with Crippen molar-refractivity contribution in [3.8, 4) is 11.1 Å². The van der Waals surface area contributed by atoms with E-state index in [-0.39, 0.29) is 29.7 Å². The third-order valence-electron chi connectivity index (χ3n) is 4.38. The summed E-state index contributed by atoms with van der Waals surface area (Å²) in [4.78, 5) is 12.2. The largest absolute Gasteiger partial charge is 0.350 e. The van der Waals surface area contributed by atoms with E-state index < -0.39 is 5.82 Å². The Bertz CT molecular complexity index is 761. The van der Waals surface area contributed by atoms with Crippen molar-refractivity contribution in [1.82, 2.24) is 10.6 Å². The number of hydrogen-bond acceptors (Lipinski definition) is 2. The van der Waals surface area contributed by atoms with Crippen LogP contribution in [0.2, 0.25) is 0 Å². The normalized spacial score (nSPS) is 16.4. The zero-order valence-corrected chi connectivity index (χ0v) is 14.8. The summed E-state index contributed by atoms with van der Waals surface area (Å²) < 4.78 is 27.6. The summed E-state index contributed by atoms with van der Waals surface area (Å²) in [5.41, 5.74) is 1.92. The van der Waals surface area contributed by atoms with Crippen LogP contribution in [0.1, 0.15) is 28.8 Å². The summed E-state index contributed by atoms with van der Waals surface area (Å²) >= 11 is 0. The van der Waals surface area contributed by atoms with Crippen molar-refractivity contribution < 1.29 is 13.6 Å². The molecule has 6 heteroatoms. The predicted octanol–water partition coefficient (Wildman–Crippen LogP) is 3.84.